The van der Waals surface area contributed by atoms with Crippen LogP contribution < -0.4 is 0 Å². The highest BCUT2D eigenvalue weighted by Gasteiger charge is 2.24. The summed E-state index contributed by atoms with van der Waals surface area (Å²) in [6, 6.07) is 0. The van der Waals surface area contributed by atoms with Gasteiger partial charge in [0.1, 0.15) is 0 Å². The van der Waals surface area contributed by atoms with Gasteiger partial charge in [-0.05, 0) is 6.42 Å². The first-order chi connectivity index (χ1) is 8.78. The van der Waals surface area contributed by atoms with Crippen molar-refractivity contribution in [3.8, 4) is 0 Å². The fourth-order valence-electron chi connectivity index (χ4n) is 0.485. The molecule has 0 spiro atoms. The Bertz CT molecular complexity index is 198. The molecule has 5 N–H and O–H groups in total. The van der Waals surface area contributed by atoms with Crippen LogP contribution in [-0.2, 0) is 9.59 Å². The fourth-order valence-corrected chi connectivity index (χ4v) is 0.485. The number of aliphatic hydroxyl groups excluding tert-OH is 3. The van der Waals surface area contributed by atoms with Crippen LogP contribution in [0, 0.1) is 5.41 Å². The summed E-state index contributed by atoms with van der Waals surface area (Å²) in [5.41, 5.74) is -0.667. The van der Waals surface area contributed by atoms with E-state index >= 15 is 0 Å². The van der Waals surface area contributed by atoms with Gasteiger partial charge in [0.15, 0.2) is 0 Å². The minimum atomic E-state index is -0.745. The number of aliphatic hydroxyl groups is 3. The molecule has 0 saturated heterocycles. The van der Waals surface area contributed by atoms with Gasteiger partial charge in [0.2, 0.25) is 0 Å². The summed E-state index contributed by atoms with van der Waals surface area (Å²) >= 11 is 0. The molecule has 0 aromatic heterocycles. The minimum Gasteiger partial charge on any atom is -0.481 e. The molecule has 0 unspecified atom stereocenters. The van der Waals surface area contributed by atoms with Crippen LogP contribution in [0.3, 0.4) is 0 Å². The van der Waals surface area contributed by atoms with Crippen molar-refractivity contribution < 1.29 is 35.1 Å². The van der Waals surface area contributed by atoms with Crippen LogP contribution in [0.25, 0.3) is 0 Å². The van der Waals surface area contributed by atoms with Gasteiger partial charge in [0, 0.05) is 18.3 Å². The maximum atomic E-state index is 9.37. The maximum Gasteiger partial charge on any atom is 0.303 e. The van der Waals surface area contributed by atoms with E-state index in [1.54, 1.807) is 13.8 Å². The lowest BCUT2D eigenvalue weighted by Gasteiger charge is -2.24. The number of carboxylic acid groups (broad SMARTS) is 2. The fraction of sp³-hybridized carbons (Fsp3) is 0.833. The molecular weight excluding hydrogens is 288 g/mol. The van der Waals surface area contributed by atoms with E-state index in [4.69, 9.17) is 25.5 Å². The van der Waals surface area contributed by atoms with Gasteiger partial charge >= 0.3 is 11.9 Å². The van der Waals surface area contributed by atoms with Gasteiger partial charge in [-0.1, -0.05) is 20.8 Å². The predicted molar refractivity (Wildman–Crippen MR) is 80.2 cm³/mol. The Labute approximate surface area is 126 Å². The number of aliphatic carboxylic acids is 2. The second-order valence-corrected chi connectivity index (χ2v) is 3.82. The summed E-state index contributed by atoms with van der Waals surface area (Å²) in [5, 5.41) is 41.4. The first-order valence-electron chi connectivity index (χ1n) is 6.05. The van der Waals surface area contributed by atoms with Gasteiger partial charge in [0.05, 0.1) is 19.8 Å². The smallest absolute Gasteiger partial charge is 0.303 e. The molecule has 7 nitrogen and oxygen atoms in total. The quantitative estimate of drug-likeness (QED) is 0.479. The van der Waals surface area contributed by atoms with Gasteiger partial charge in [-0.2, -0.15) is 13.5 Å². The standard InChI is InChI=1S/C6H14O3.2C3H6O2.H2S/c1-2-6(3-7,4-8)5-9;2*1-2-3(4)5;/h7-9H,2-5H2,1H3;2*2H2,1H3,(H,4,5);1H2. The summed E-state index contributed by atoms with van der Waals surface area (Å²) in [4.78, 5) is 18.7. The highest BCUT2D eigenvalue weighted by Crippen LogP contribution is 2.18. The highest BCUT2D eigenvalue weighted by atomic mass is 32.1. The lowest BCUT2D eigenvalue weighted by Crippen LogP contribution is -2.32. The van der Waals surface area contributed by atoms with Crippen LogP contribution >= 0.6 is 13.5 Å². The molecular formula is C12H28O7S. The van der Waals surface area contributed by atoms with Crippen molar-refractivity contribution in [2.45, 2.75) is 40.0 Å². The Hall–Kier alpha value is -0.830. The molecule has 0 radical (unpaired) electrons. The molecule has 20 heavy (non-hydrogen) atoms. The van der Waals surface area contributed by atoms with E-state index in [2.05, 4.69) is 0 Å². The van der Waals surface area contributed by atoms with E-state index in [1.807, 2.05) is 6.92 Å². The SMILES string of the molecule is CCC(=O)O.CCC(=O)O.CCC(CO)(CO)CO.S. The van der Waals surface area contributed by atoms with E-state index in [0.717, 1.165) is 0 Å². The van der Waals surface area contributed by atoms with Gasteiger partial charge < -0.3 is 25.5 Å². The first kappa shape index (κ1) is 27.5. The second-order valence-electron chi connectivity index (χ2n) is 3.82. The van der Waals surface area contributed by atoms with Crippen LogP contribution in [0.4, 0.5) is 0 Å². The van der Waals surface area contributed by atoms with Gasteiger partial charge in [0.25, 0.3) is 0 Å². The second kappa shape index (κ2) is 18.2. The largest absolute Gasteiger partial charge is 0.481 e. The molecule has 0 atom stereocenters. The summed E-state index contributed by atoms with van der Waals surface area (Å²) in [7, 11) is 0. The summed E-state index contributed by atoms with van der Waals surface area (Å²) in [6.45, 7) is 4.55. The Balaban J connectivity index is -0.000000101. The van der Waals surface area contributed by atoms with Gasteiger partial charge in [-0.25, -0.2) is 0 Å². The van der Waals surface area contributed by atoms with Crippen molar-refractivity contribution in [1.29, 1.82) is 0 Å². The van der Waals surface area contributed by atoms with Gasteiger partial charge in [-0.15, -0.1) is 0 Å². The molecule has 0 amide bonds. The van der Waals surface area contributed by atoms with E-state index in [1.165, 1.54) is 0 Å². The predicted octanol–water partition coefficient (Wildman–Crippen LogP) is 0.434. The van der Waals surface area contributed by atoms with Gasteiger partial charge in [-0.3, -0.25) is 9.59 Å². The van der Waals surface area contributed by atoms with E-state index in [9.17, 15) is 9.59 Å². The van der Waals surface area contributed by atoms with Crippen molar-refractivity contribution in [3.05, 3.63) is 0 Å². The lowest BCUT2D eigenvalue weighted by atomic mass is 9.88. The Kier molecular flexibility index (Phi) is 25.0. The number of carbonyl (C=O) groups is 2. The molecule has 0 aliphatic heterocycles. The van der Waals surface area contributed by atoms with Crippen LogP contribution in [0.5, 0.6) is 0 Å². The Morgan fingerprint density at radius 2 is 1.00 bits per heavy atom. The molecule has 8 heteroatoms. The number of rotatable bonds is 6. The van der Waals surface area contributed by atoms with Crippen LogP contribution in [0.15, 0.2) is 0 Å². The third-order valence-corrected chi connectivity index (χ3v) is 2.36. The molecule has 0 aromatic carbocycles. The van der Waals surface area contributed by atoms with Crippen LogP contribution in [0.2, 0.25) is 0 Å². The Morgan fingerprint density at radius 3 is 1.00 bits per heavy atom. The topological polar surface area (TPSA) is 135 Å². The maximum absolute atomic E-state index is 9.37. The first-order valence-corrected chi connectivity index (χ1v) is 6.05. The van der Waals surface area contributed by atoms with E-state index in [0.29, 0.717) is 6.42 Å². The number of carboxylic acids is 2. The van der Waals surface area contributed by atoms with Crippen molar-refractivity contribution in [1.82, 2.24) is 0 Å². The molecule has 124 valence electrons. The molecule has 0 aliphatic rings. The van der Waals surface area contributed by atoms with Crippen molar-refractivity contribution in [2.24, 2.45) is 5.41 Å². The zero-order valence-corrected chi connectivity index (χ0v) is 13.3. The normalized spacial score (nSPS) is 9.10. The molecule has 0 bridgehead atoms. The summed E-state index contributed by atoms with van der Waals surface area (Å²) < 4.78 is 0. The zero-order chi connectivity index (χ0) is 15.9. The molecule has 0 heterocycles. The zero-order valence-electron chi connectivity index (χ0n) is 12.3. The lowest BCUT2D eigenvalue weighted by molar-refractivity contribution is -0.137. The van der Waals surface area contributed by atoms with Crippen LogP contribution in [0.1, 0.15) is 40.0 Å². The van der Waals surface area contributed by atoms with Crippen LogP contribution in [-0.4, -0.2) is 57.3 Å². The minimum absolute atomic E-state index is 0. The molecule has 0 saturated carbocycles. The van der Waals surface area contributed by atoms with Crippen molar-refractivity contribution >= 4 is 25.4 Å². The molecule has 0 aliphatic carbocycles. The highest BCUT2D eigenvalue weighted by molar-refractivity contribution is 7.59. The summed E-state index contributed by atoms with van der Waals surface area (Å²) in [5.74, 6) is -1.49. The third-order valence-electron chi connectivity index (χ3n) is 2.36. The average Bonchev–Trinajstić information content (AvgIpc) is 2.43. The number of hydrogen-bond donors (Lipinski definition) is 5. The van der Waals surface area contributed by atoms with E-state index in [-0.39, 0.29) is 46.2 Å². The Morgan fingerprint density at radius 1 is 0.800 bits per heavy atom. The van der Waals surface area contributed by atoms with Crippen molar-refractivity contribution in [3.63, 3.8) is 0 Å². The molecule has 0 rings (SSSR count). The number of hydrogen-bond acceptors (Lipinski definition) is 5. The monoisotopic (exact) mass is 316 g/mol. The van der Waals surface area contributed by atoms with Crippen molar-refractivity contribution in [2.75, 3.05) is 19.8 Å². The summed E-state index contributed by atoms with van der Waals surface area (Å²) in [6.07, 6.45) is 1.04. The molecule has 0 aromatic rings. The average molecular weight is 316 g/mol. The molecule has 0 fully saturated rings. The van der Waals surface area contributed by atoms with E-state index < -0.39 is 17.4 Å². The third kappa shape index (κ3) is 19.5.